The highest BCUT2D eigenvalue weighted by molar-refractivity contribution is 7.13. The van der Waals surface area contributed by atoms with E-state index < -0.39 is 0 Å². The lowest BCUT2D eigenvalue weighted by Gasteiger charge is -2.13. The van der Waals surface area contributed by atoms with Gasteiger partial charge < -0.3 is 9.73 Å². The standard InChI is InChI=1S/C16H16N4O3S/c1-10-5-6-12(8-13(10)20(21)22)11(2)17-9-15-18-19-16(23-15)14-4-3-7-24-14/h3-8,11,17H,9H2,1-2H3/t11-/m1/s1. The van der Waals surface area contributed by atoms with Crippen molar-refractivity contribution in [1.29, 1.82) is 0 Å². The molecule has 0 fully saturated rings. The van der Waals surface area contributed by atoms with Gasteiger partial charge in [-0.05, 0) is 30.9 Å². The van der Waals surface area contributed by atoms with E-state index in [0.717, 1.165) is 10.4 Å². The second-order valence-electron chi connectivity index (χ2n) is 5.38. The van der Waals surface area contributed by atoms with Crippen molar-refractivity contribution in [3.05, 3.63) is 62.8 Å². The van der Waals surface area contributed by atoms with Crippen LogP contribution < -0.4 is 5.32 Å². The molecule has 2 heterocycles. The number of thiophene rings is 1. The van der Waals surface area contributed by atoms with Crippen LogP contribution in [-0.2, 0) is 6.54 Å². The Balaban J connectivity index is 1.66. The quantitative estimate of drug-likeness (QED) is 0.539. The molecule has 3 rings (SSSR count). The second kappa shape index (κ2) is 6.90. The fourth-order valence-corrected chi connectivity index (χ4v) is 2.92. The molecule has 0 bridgehead atoms. The third-order valence-electron chi connectivity index (χ3n) is 3.69. The molecular weight excluding hydrogens is 328 g/mol. The van der Waals surface area contributed by atoms with Crippen molar-refractivity contribution in [3.63, 3.8) is 0 Å². The lowest BCUT2D eigenvalue weighted by atomic mass is 10.0. The van der Waals surface area contributed by atoms with Crippen LogP contribution in [0, 0.1) is 17.0 Å². The van der Waals surface area contributed by atoms with E-state index in [1.807, 2.05) is 30.5 Å². The number of aryl methyl sites for hydroxylation is 1. The van der Waals surface area contributed by atoms with Crippen LogP contribution in [0.15, 0.2) is 40.1 Å². The number of aromatic nitrogens is 2. The van der Waals surface area contributed by atoms with Gasteiger partial charge in [-0.2, -0.15) is 0 Å². The Morgan fingerprint density at radius 1 is 1.38 bits per heavy atom. The zero-order chi connectivity index (χ0) is 17.1. The summed E-state index contributed by atoms with van der Waals surface area (Å²) in [5.74, 6) is 0.979. The highest BCUT2D eigenvalue weighted by Gasteiger charge is 2.15. The van der Waals surface area contributed by atoms with Gasteiger partial charge in [0.1, 0.15) is 0 Å². The van der Waals surface area contributed by atoms with Gasteiger partial charge in [-0.25, -0.2) is 0 Å². The first-order valence-electron chi connectivity index (χ1n) is 7.39. The first kappa shape index (κ1) is 16.3. The van der Waals surface area contributed by atoms with Gasteiger partial charge in [-0.3, -0.25) is 10.1 Å². The molecule has 24 heavy (non-hydrogen) atoms. The first-order valence-corrected chi connectivity index (χ1v) is 8.27. The predicted octanol–water partition coefficient (Wildman–Crippen LogP) is 3.87. The molecule has 8 heteroatoms. The Morgan fingerprint density at radius 3 is 2.92 bits per heavy atom. The third kappa shape index (κ3) is 3.50. The maximum atomic E-state index is 11.0. The molecule has 1 aromatic carbocycles. The zero-order valence-electron chi connectivity index (χ0n) is 13.2. The van der Waals surface area contributed by atoms with Gasteiger partial charge in [0.05, 0.1) is 16.3 Å². The van der Waals surface area contributed by atoms with Crippen molar-refractivity contribution in [2.45, 2.75) is 26.4 Å². The number of nitro benzene ring substituents is 1. The highest BCUT2D eigenvalue weighted by Crippen LogP contribution is 2.25. The van der Waals surface area contributed by atoms with Crippen LogP contribution in [0.2, 0.25) is 0 Å². The normalized spacial score (nSPS) is 12.2. The molecule has 7 nitrogen and oxygen atoms in total. The molecule has 0 aliphatic carbocycles. The van der Waals surface area contributed by atoms with Crippen molar-refractivity contribution < 1.29 is 9.34 Å². The van der Waals surface area contributed by atoms with E-state index in [1.54, 1.807) is 19.1 Å². The maximum absolute atomic E-state index is 11.0. The number of nitrogens with one attached hydrogen (secondary N) is 1. The molecule has 0 amide bonds. The molecule has 0 spiro atoms. The number of nitrogens with zero attached hydrogens (tertiary/aromatic N) is 3. The minimum Gasteiger partial charge on any atom is -0.419 e. The third-order valence-corrected chi connectivity index (χ3v) is 4.55. The molecule has 0 saturated carbocycles. The number of benzene rings is 1. The second-order valence-corrected chi connectivity index (χ2v) is 6.33. The smallest absolute Gasteiger partial charge is 0.272 e. The molecule has 124 valence electrons. The van der Waals surface area contributed by atoms with Crippen LogP contribution in [0.1, 0.15) is 30.0 Å². The maximum Gasteiger partial charge on any atom is 0.272 e. The van der Waals surface area contributed by atoms with E-state index in [0.29, 0.717) is 23.9 Å². The molecule has 1 N–H and O–H groups in total. The van der Waals surface area contributed by atoms with Crippen LogP contribution in [0.4, 0.5) is 5.69 Å². The number of nitro groups is 1. The summed E-state index contributed by atoms with van der Waals surface area (Å²) >= 11 is 1.54. The Labute approximate surface area is 142 Å². The Bertz CT molecular complexity index is 845. The van der Waals surface area contributed by atoms with E-state index >= 15 is 0 Å². The monoisotopic (exact) mass is 344 g/mol. The van der Waals surface area contributed by atoms with Crippen LogP contribution in [0.3, 0.4) is 0 Å². The summed E-state index contributed by atoms with van der Waals surface area (Å²) in [5.41, 5.74) is 1.61. The van der Waals surface area contributed by atoms with Crippen LogP contribution in [0.5, 0.6) is 0 Å². The molecule has 2 aromatic heterocycles. The average Bonchev–Trinajstić information content (AvgIpc) is 3.24. The number of rotatable bonds is 6. The first-order chi connectivity index (χ1) is 11.5. The van der Waals surface area contributed by atoms with Gasteiger partial charge in [-0.15, -0.1) is 21.5 Å². The lowest BCUT2D eigenvalue weighted by molar-refractivity contribution is -0.385. The summed E-state index contributed by atoms with van der Waals surface area (Å²) < 4.78 is 5.61. The van der Waals surface area contributed by atoms with E-state index in [4.69, 9.17) is 4.42 Å². The fraction of sp³-hybridized carbons (Fsp3) is 0.250. The van der Waals surface area contributed by atoms with Crippen molar-refractivity contribution in [2.24, 2.45) is 0 Å². The minimum absolute atomic E-state index is 0.0820. The summed E-state index contributed by atoms with van der Waals surface area (Å²) in [7, 11) is 0. The molecule has 1 atom stereocenters. The highest BCUT2D eigenvalue weighted by atomic mass is 32.1. The van der Waals surface area contributed by atoms with E-state index in [9.17, 15) is 10.1 Å². The fourth-order valence-electron chi connectivity index (χ4n) is 2.28. The minimum atomic E-state index is -0.364. The van der Waals surface area contributed by atoms with Crippen molar-refractivity contribution >= 4 is 17.0 Å². The van der Waals surface area contributed by atoms with Crippen LogP contribution in [0.25, 0.3) is 10.8 Å². The molecule has 0 aliphatic heterocycles. The molecule has 0 radical (unpaired) electrons. The molecule has 0 unspecified atom stereocenters. The zero-order valence-corrected chi connectivity index (χ0v) is 14.0. The SMILES string of the molecule is Cc1ccc([C@@H](C)NCc2nnc(-c3cccs3)o2)cc1[N+](=O)[O-]. The van der Waals surface area contributed by atoms with Gasteiger partial charge >= 0.3 is 0 Å². The number of hydrogen-bond acceptors (Lipinski definition) is 7. The molecule has 0 saturated heterocycles. The number of hydrogen-bond donors (Lipinski definition) is 1. The molecule has 0 aliphatic rings. The van der Waals surface area contributed by atoms with Gasteiger partial charge in [0.2, 0.25) is 5.89 Å². The summed E-state index contributed by atoms with van der Waals surface area (Å²) in [5, 5.41) is 24.3. The van der Waals surface area contributed by atoms with Crippen LogP contribution >= 0.6 is 11.3 Å². The van der Waals surface area contributed by atoms with E-state index in [-0.39, 0.29) is 16.7 Å². The van der Waals surface area contributed by atoms with Gasteiger partial charge in [0.15, 0.2) is 0 Å². The Hall–Kier alpha value is -2.58. The average molecular weight is 344 g/mol. The summed E-state index contributed by atoms with van der Waals surface area (Å²) in [6.07, 6.45) is 0. The van der Waals surface area contributed by atoms with Crippen molar-refractivity contribution in [3.8, 4) is 10.8 Å². The summed E-state index contributed by atoms with van der Waals surface area (Å²) in [4.78, 5) is 11.6. The van der Waals surface area contributed by atoms with Gasteiger partial charge in [-0.1, -0.05) is 18.2 Å². The lowest BCUT2D eigenvalue weighted by Crippen LogP contribution is -2.18. The molecular formula is C16H16N4O3S. The van der Waals surface area contributed by atoms with Crippen LogP contribution in [-0.4, -0.2) is 15.1 Å². The van der Waals surface area contributed by atoms with E-state index in [2.05, 4.69) is 15.5 Å². The topological polar surface area (TPSA) is 94.1 Å². The van der Waals surface area contributed by atoms with Gasteiger partial charge in [0.25, 0.3) is 11.6 Å². The van der Waals surface area contributed by atoms with Crippen molar-refractivity contribution in [2.75, 3.05) is 0 Å². The largest absolute Gasteiger partial charge is 0.419 e. The summed E-state index contributed by atoms with van der Waals surface area (Å²) in [6, 6.07) is 9.00. The van der Waals surface area contributed by atoms with Crippen molar-refractivity contribution in [1.82, 2.24) is 15.5 Å². The molecule has 3 aromatic rings. The van der Waals surface area contributed by atoms with E-state index in [1.165, 1.54) is 11.3 Å². The Morgan fingerprint density at radius 2 is 2.21 bits per heavy atom. The summed E-state index contributed by atoms with van der Waals surface area (Å²) in [6.45, 7) is 4.05. The van der Waals surface area contributed by atoms with Gasteiger partial charge in [0, 0.05) is 17.7 Å². The Kier molecular flexibility index (Phi) is 4.68. The predicted molar refractivity (Wildman–Crippen MR) is 90.7 cm³/mol.